The summed E-state index contributed by atoms with van der Waals surface area (Å²) in [5, 5.41) is 3.33. The Kier molecular flexibility index (Phi) is 4.65. The average Bonchev–Trinajstić information content (AvgIpc) is 2.82. The molecule has 6 heteroatoms. The van der Waals surface area contributed by atoms with Crippen LogP contribution in [0.1, 0.15) is 44.9 Å². The largest absolute Gasteiger partial charge is 0.313 e. The van der Waals surface area contributed by atoms with Gasteiger partial charge in [-0.2, -0.15) is 0 Å². The molecule has 0 radical (unpaired) electrons. The number of nitrogens with zero attached hydrogens (tertiary/aromatic N) is 1. The van der Waals surface area contributed by atoms with Gasteiger partial charge in [-0.15, -0.1) is 0 Å². The monoisotopic (exact) mass is 301 g/mol. The molecule has 0 saturated carbocycles. The van der Waals surface area contributed by atoms with E-state index < -0.39 is 10.0 Å². The fourth-order valence-corrected chi connectivity index (χ4v) is 5.64. The van der Waals surface area contributed by atoms with Crippen LogP contribution in [0, 0.1) is 0 Å². The number of piperidine rings is 2. The van der Waals surface area contributed by atoms with Crippen LogP contribution in [0.4, 0.5) is 0 Å². The Bertz CT molecular complexity index is 420. The molecule has 3 unspecified atom stereocenters. The topological polar surface area (TPSA) is 61.4 Å². The summed E-state index contributed by atoms with van der Waals surface area (Å²) >= 11 is 0. The van der Waals surface area contributed by atoms with Gasteiger partial charge in [0.25, 0.3) is 0 Å². The van der Waals surface area contributed by atoms with Crippen molar-refractivity contribution in [1.82, 2.24) is 14.9 Å². The number of hydrogen-bond acceptors (Lipinski definition) is 4. The first-order valence-corrected chi connectivity index (χ1v) is 9.77. The van der Waals surface area contributed by atoms with E-state index in [1.165, 1.54) is 19.3 Å². The molecule has 3 aliphatic heterocycles. The predicted octanol–water partition coefficient (Wildman–Crippen LogP) is 0.675. The summed E-state index contributed by atoms with van der Waals surface area (Å²) in [7, 11) is -3.15. The maximum Gasteiger partial charge on any atom is 0.213 e. The minimum absolute atomic E-state index is 0.142. The van der Waals surface area contributed by atoms with Crippen LogP contribution < -0.4 is 10.0 Å². The van der Waals surface area contributed by atoms with Crippen molar-refractivity contribution in [3.05, 3.63) is 0 Å². The molecule has 3 atom stereocenters. The van der Waals surface area contributed by atoms with Crippen molar-refractivity contribution < 1.29 is 8.42 Å². The van der Waals surface area contributed by atoms with E-state index in [1.807, 2.05) is 0 Å². The number of sulfonamides is 1. The second-order valence-electron chi connectivity index (χ2n) is 6.54. The van der Waals surface area contributed by atoms with Crippen molar-refractivity contribution in [1.29, 1.82) is 0 Å². The molecule has 20 heavy (non-hydrogen) atoms. The Morgan fingerprint density at radius 3 is 2.70 bits per heavy atom. The molecule has 2 N–H and O–H groups in total. The zero-order valence-electron chi connectivity index (χ0n) is 12.2. The van der Waals surface area contributed by atoms with Crippen molar-refractivity contribution in [2.75, 3.05) is 25.4 Å². The summed E-state index contributed by atoms with van der Waals surface area (Å²) in [5.41, 5.74) is 0. The van der Waals surface area contributed by atoms with E-state index in [1.54, 1.807) is 0 Å². The van der Waals surface area contributed by atoms with Crippen LogP contribution in [0.15, 0.2) is 0 Å². The van der Waals surface area contributed by atoms with Gasteiger partial charge in [-0.25, -0.2) is 13.1 Å². The molecule has 0 aromatic heterocycles. The lowest BCUT2D eigenvalue weighted by Crippen LogP contribution is -2.49. The highest BCUT2D eigenvalue weighted by atomic mass is 32.2. The van der Waals surface area contributed by atoms with Crippen molar-refractivity contribution in [2.45, 2.75) is 63.1 Å². The molecule has 116 valence electrons. The van der Waals surface area contributed by atoms with Crippen molar-refractivity contribution in [2.24, 2.45) is 0 Å². The molecule has 0 spiro atoms. The highest BCUT2D eigenvalue weighted by molar-refractivity contribution is 7.89. The number of nitrogens with one attached hydrogen (secondary N) is 2. The number of rotatable bonds is 4. The van der Waals surface area contributed by atoms with E-state index in [-0.39, 0.29) is 17.8 Å². The zero-order valence-corrected chi connectivity index (χ0v) is 13.0. The van der Waals surface area contributed by atoms with E-state index in [0.29, 0.717) is 6.04 Å². The number of hydrogen-bond donors (Lipinski definition) is 2. The molecule has 0 aromatic rings. The van der Waals surface area contributed by atoms with E-state index in [4.69, 9.17) is 0 Å². The van der Waals surface area contributed by atoms with E-state index >= 15 is 0 Å². The van der Waals surface area contributed by atoms with Gasteiger partial charge in [0, 0.05) is 24.7 Å². The van der Waals surface area contributed by atoms with Gasteiger partial charge in [-0.05, 0) is 45.2 Å². The Hall–Kier alpha value is -0.170. The SMILES string of the molecule is O=S(=O)(CC1CCCCN1)NC1CCN2CCCCC12. The molecule has 3 heterocycles. The van der Waals surface area contributed by atoms with Crippen LogP contribution in [0.2, 0.25) is 0 Å². The third-order valence-electron chi connectivity index (χ3n) is 5.02. The van der Waals surface area contributed by atoms with Crippen LogP contribution in [0.25, 0.3) is 0 Å². The molecule has 3 aliphatic rings. The van der Waals surface area contributed by atoms with Crippen molar-refractivity contribution in [3.8, 4) is 0 Å². The molecule has 5 nitrogen and oxygen atoms in total. The van der Waals surface area contributed by atoms with Gasteiger partial charge in [-0.3, -0.25) is 4.90 Å². The first-order chi connectivity index (χ1) is 9.64. The molecular weight excluding hydrogens is 274 g/mol. The molecule has 0 aliphatic carbocycles. The van der Waals surface area contributed by atoms with Crippen LogP contribution in [0.5, 0.6) is 0 Å². The van der Waals surface area contributed by atoms with Crippen LogP contribution in [-0.4, -0.2) is 56.8 Å². The highest BCUT2D eigenvalue weighted by Crippen LogP contribution is 2.27. The predicted molar refractivity (Wildman–Crippen MR) is 80.2 cm³/mol. The third-order valence-corrected chi connectivity index (χ3v) is 6.52. The van der Waals surface area contributed by atoms with Gasteiger partial charge in [0.05, 0.1) is 5.75 Å². The molecular formula is C14H27N3O2S. The standard InChI is InChI=1S/C14H27N3O2S/c18-20(19,11-12-5-1-3-8-15-12)16-13-7-10-17-9-4-2-6-14(13)17/h12-16H,1-11H2. The smallest absolute Gasteiger partial charge is 0.213 e. The minimum Gasteiger partial charge on any atom is -0.313 e. The minimum atomic E-state index is -3.15. The lowest BCUT2D eigenvalue weighted by molar-refractivity contribution is 0.186. The summed E-state index contributed by atoms with van der Waals surface area (Å²) < 4.78 is 27.7. The molecule has 0 aromatic carbocycles. The van der Waals surface area contributed by atoms with Crippen molar-refractivity contribution in [3.63, 3.8) is 0 Å². The normalized spacial score (nSPS) is 35.9. The second-order valence-corrected chi connectivity index (χ2v) is 8.34. The highest BCUT2D eigenvalue weighted by Gasteiger charge is 2.37. The molecule has 3 saturated heterocycles. The maximum absolute atomic E-state index is 12.4. The van der Waals surface area contributed by atoms with Gasteiger partial charge in [0.1, 0.15) is 0 Å². The van der Waals surface area contributed by atoms with E-state index in [9.17, 15) is 8.42 Å². The Morgan fingerprint density at radius 2 is 1.90 bits per heavy atom. The fraction of sp³-hybridized carbons (Fsp3) is 1.00. The first kappa shape index (κ1) is 14.8. The van der Waals surface area contributed by atoms with Crippen LogP contribution in [0.3, 0.4) is 0 Å². The van der Waals surface area contributed by atoms with Gasteiger partial charge in [0.2, 0.25) is 10.0 Å². The van der Waals surface area contributed by atoms with Crippen LogP contribution in [-0.2, 0) is 10.0 Å². The molecule has 0 bridgehead atoms. The second kappa shape index (κ2) is 6.30. The van der Waals surface area contributed by atoms with Crippen molar-refractivity contribution >= 4 is 10.0 Å². The summed E-state index contributed by atoms with van der Waals surface area (Å²) in [4.78, 5) is 2.47. The summed E-state index contributed by atoms with van der Waals surface area (Å²) in [6.45, 7) is 3.16. The van der Waals surface area contributed by atoms with Gasteiger partial charge < -0.3 is 5.32 Å². The number of fused-ring (bicyclic) bond motifs is 1. The Labute approximate surface area is 122 Å². The zero-order chi connectivity index (χ0) is 14.0. The maximum atomic E-state index is 12.4. The van der Waals surface area contributed by atoms with Gasteiger partial charge in [0.15, 0.2) is 0 Å². The summed E-state index contributed by atoms with van der Waals surface area (Å²) in [5.74, 6) is 0.246. The van der Waals surface area contributed by atoms with E-state index in [2.05, 4.69) is 14.9 Å². The third kappa shape index (κ3) is 3.53. The lowest BCUT2D eigenvalue weighted by atomic mass is 10.00. The van der Waals surface area contributed by atoms with Crippen LogP contribution >= 0.6 is 0 Å². The molecule has 3 fully saturated rings. The van der Waals surface area contributed by atoms with E-state index in [0.717, 1.165) is 45.3 Å². The van der Waals surface area contributed by atoms with Gasteiger partial charge >= 0.3 is 0 Å². The lowest BCUT2D eigenvalue weighted by Gasteiger charge is -2.32. The summed E-state index contributed by atoms with van der Waals surface area (Å²) in [6, 6.07) is 0.729. The fourth-order valence-electron chi connectivity index (χ4n) is 3.99. The Balaban J connectivity index is 1.55. The van der Waals surface area contributed by atoms with Gasteiger partial charge in [-0.1, -0.05) is 12.8 Å². The quantitative estimate of drug-likeness (QED) is 0.801. The first-order valence-electron chi connectivity index (χ1n) is 8.11. The average molecular weight is 301 g/mol. The Morgan fingerprint density at radius 1 is 1.05 bits per heavy atom. The molecule has 0 amide bonds. The summed E-state index contributed by atoms with van der Waals surface area (Å²) in [6.07, 6.45) is 7.93. The molecule has 3 rings (SSSR count).